The summed E-state index contributed by atoms with van der Waals surface area (Å²) in [7, 11) is 0. The Morgan fingerprint density at radius 1 is 0.962 bits per heavy atom. The van der Waals surface area contributed by atoms with Gasteiger partial charge in [-0.25, -0.2) is 4.79 Å². The van der Waals surface area contributed by atoms with Gasteiger partial charge in [0.05, 0.1) is 51.3 Å². The van der Waals surface area contributed by atoms with Gasteiger partial charge in [0.2, 0.25) is 0 Å². The highest BCUT2D eigenvalue weighted by atomic mass is 16.6. The van der Waals surface area contributed by atoms with Crippen LogP contribution in [-0.2, 0) is 23.7 Å². The van der Waals surface area contributed by atoms with Crippen molar-refractivity contribution >= 4 is 5.97 Å². The van der Waals surface area contributed by atoms with Gasteiger partial charge in [0.25, 0.3) is 0 Å². The zero-order chi connectivity index (χ0) is 20.5. The predicted octanol–water partition coefficient (Wildman–Crippen LogP) is 1.24. The summed E-state index contributed by atoms with van der Waals surface area (Å²) in [6.07, 6.45) is -0.959. The quantitative estimate of drug-likeness (QED) is 0.386. The molecule has 4 unspecified atom stereocenters. The summed E-state index contributed by atoms with van der Waals surface area (Å²) in [4.78, 5) is 9.60. The van der Waals surface area contributed by atoms with Gasteiger partial charge in [0, 0.05) is 12.2 Å². The first kappa shape index (κ1) is 27.2. The second-order valence-corrected chi connectivity index (χ2v) is 6.01. The smallest absolute Gasteiger partial charge is 0.330 e. The summed E-state index contributed by atoms with van der Waals surface area (Å²) < 4.78 is 21.5. The van der Waals surface area contributed by atoms with Crippen molar-refractivity contribution in [2.75, 3.05) is 39.6 Å². The Balaban J connectivity index is 0. The second kappa shape index (κ2) is 17.4. The van der Waals surface area contributed by atoms with E-state index in [0.717, 1.165) is 0 Å². The molecule has 0 heterocycles. The number of aliphatic hydroxyl groups excluding tert-OH is 2. The van der Waals surface area contributed by atoms with Crippen molar-refractivity contribution in [3.63, 3.8) is 0 Å². The zero-order valence-electron chi connectivity index (χ0n) is 16.6. The van der Waals surface area contributed by atoms with Crippen LogP contribution in [0.25, 0.3) is 0 Å². The molecule has 0 aliphatic rings. The van der Waals surface area contributed by atoms with Gasteiger partial charge in [0.15, 0.2) is 0 Å². The molecule has 0 radical (unpaired) electrons. The summed E-state index contributed by atoms with van der Waals surface area (Å²) in [5, 5.41) is 26.3. The first-order valence-corrected chi connectivity index (χ1v) is 8.74. The summed E-state index contributed by atoms with van der Waals surface area (Å²) in [5.41, 5.74) is 0.176. The molecule has 0 aliphatic carbocycles. The zero-order valence-corrected chi connectivity index (χ0v) is 16.6. The molecule has 0 spiro atoms. The third-order valence-electron chi connectivity index (χ3n) is 2.94. The number of carboxylic acids is 1. The molecule has 0 aromatic rings. The fourth-order valence-corrected chi connectivity index (χ4v) is 1.33. The molecular weight excluding hydrogens is 344 g/mol. The van der Waals surface area contributed by atoms with Crippen molar-refractivity contribution in [3.8, 4) is 0 Å². The molecular formula is C18H36O8. The Morgan fingerprint density at radius 3 is 1.77 bits per heavy atom. The molecule has 0 amide bonds. The minimum atomic E-state index is -0.935. The number of hydrogen-bond acceptors (Lipinski definition) is 7. The standard InChI is InChI=1S/C14H30O6.C4H6O2/c1-5-17-9-14(16)10-20-13(4)8-19-12(3)7-18-11(2)6-15;1-3(2)4(5)6/h11-16H,5-10H2,1-4H3;1H2,2H3,(H,5,6). The molecule has 0 saturated heterocycles. The lowest BCUT2D eigenvalue weighted by Crippen LogP contribution is -2.29. The van der Waals surface area contributed by atoms with Crippen LogP contribution in [0.2, 0.25) is 0 Å². The molecule has 0 rings (SSSR count). The van der Waals surface area contributed by atoms with E-state index in [0.29, 0.717) is 19.8 Å². The third-order valence-corrected chi connectivity index (χ3v) is 2.94. The minimum absolute atomic E-state index is 0.00392. The molecule has 4 atom stereocenters. The fraction of sp³-hybridized carbons (Fsp3) is 0.833. The molecule has 156 valence electrons. The number of carboxylic acid groups (broad SMARTS) is 1. The van der Waals surface area contributed by atoms with E-state index in [9.17, 15) is 9.90 Å². The lowest BCUT2D eigenvalue weighted by atomic mass is 10.3. The normalized spacial score (nSPS) is 15.3. The molecule has 0 aromatic carbocycles. The number of rotatable bonds is 14. The molecule has 0 aliphatic heterocycles. The van der Waals surface area contributed by atoms with E-state index in [2.05, 4.69) is 6.58 Å². The van der Waals surface area contributed by atoms with Gasteiger partial charge in [-0.05, 0) is 34.6 Å². The lowest BCUT2D eigenvalue weighted by Gasteiger charge is -2.20. The Labute approximate surface area is 156 Å². The Kier molecular flexibility index (Phi) is 18.2. The average Bonchev–Trinajstić information content (AvgIpc) is 2.61. The predicted molar refractivity (Wildman–Crippen MR) is 98.3 cm³/mol. The number of ether oxygens (including phenoxy) is 4. The summed E-state index contributed by atoms with van der Waals surface area (Å²) >= 11 is 0. The highest BCUT2D eigenvalue weighted by Crippen LogP contribution is 2.01. The van der Waals surface area contributed by atoms with Crippen LogP contribution in [0.3, 0.4) is 0 Å². The van der Waals surface area contributed by atoms with Gasteiger partial charge in [-0.2, -0.15) is 0 Å². The second-order valence-electron chi connectivity index (χ2n) is 6.01. The molecule has 8 nitrogen and oxygen atoms in total. The van der Waals surface area contributed by atoms with E-state index in [1.54, 1.807) is 6.92 Å². The van der Waals surface area contributed by atoms with Crippen LogP contribution in [0.4, 0.5) is 0 Å². The van der Waals surface area contributed by atoms with Gasteiger partial charge < -0.3 is 34.3 Å². The molecule has 0 aromatic heterocycles. The topological polar surface area (TPSA) is 115 Å². The number of hydrogen-bond donors (Lipinski definition) is 3. The van der Waals surface area contributed by atoms with Gasteiger partial charge in [-0.15, -0.1) is 0 Å². The third kappa shape index (κ3) is 19.3. The highest BCUT2D eigenvalue weighted by Gasteiger charge is 2.11. The van der Waals surface area contributed by atoms with E-state index in [4.69, 9.17) is 29.2 Å². The molecule has 26 heavy (non-hydrogen) atoms. The van der Waals surface area contributed by atoms with Crippen LogP contribution < -0.4 is 0 Å². The van der Waals surface area contributed by atoms with Gasteiger partial charge in [-0.1, -0.05) is 6.58 Å². The fourth-order valence-electron chi connectivity index (χ4n) is 1.33. The van der Waals surface area contributed by atoms with E-state index >= 15 is 0 Å². The maximum absolute atomic E-state index is 9.60. The monoisotopic (exact) mass is 380 g/mol. The number of aliphatic carboxylic acids is 1. The van der Waals surface area contributed by atoms with Crippen molar-refractivity contribution < 1.29 is 39.1 Å². The van der Waals surface area contributed by atoms with Gasteiger partial charge in [0.1, 0.15) is 6.10 Å². The van der Waals surface area contributed by atoms with Crippen molar-refractivity contribution in [2.45, 2.75) is 59.0 Å². The minimum Gasteiger partial charge on any atom is -0.478 e. The molecule has 0 saturated carbocycles. The highest BCUT2D eigenvalue weighted by molar-refractivity contribution is 5.84. The van der Waals surface area contributed by atoms with Crippen LogP contribution in [0, 0.1) is 0 Å². The first-order chi connectivity index (χ1) is 12.1. The molecule has 3 N–H and O–H groups in total. The molecule has 0 bridgehead atoms. The van der Waals surface area contributed by atoms with E-state index in [1.807, 2.05) is 20.8 Å². The Hall–Kier alpha value is -1.03. The number of carbonyl (C=O) groups is 1. The maximum atomic E-state index is 9.60. The first-order valence-electron chi connectivity index (χ1n) is 8.74. The van der Waals surface area contributed by atoms with Crippen molar-refractivity contribution in [3.05, 3.63) is 12.2 Å². The Bertz CT molecular complexity index is 349. The average molecular weight is 380 g/mol. The van der Waals surface area contributed by atoms with Gasteiger partial charge in [-0.3, -0.25) is 0 Å². The molecule has 8 heteroatoms. The Morgan fingerprint density at radius 2 is 1.38 bits per heavy atom. The van der Waals surface area contributed by atoms with Gasteiger partial charge >= 0.3 is 5.97 Å². The van der Waals surface area contributed by atoms with Crippen LogP contribution >= 0.6 is 0 Å². The summed E-state index contributed by atoms with van der Waals surface area (Å²) in [6, 6.07) is 0. The number of aliphatic hydroxyl groups is 2. The van der Waals surface area contributed by atoms with Crippen molar-refractivity contribution in [1.29, 1.82) is 0 Å². The SMILES string of the molecule is C=C(C)C(=O)O.CCOCC(O)COC(C)COC(C)COC(C)CO. The van der Waals surface area contributed by atoms with Crippen LogP contribution in [-0.4, -0.2) is 85.3 Å². The lowest BCUT2D eigenvalue weighted by molar-refractivity contribution is -0.132. The van der Waals surface area contributed by atoms with Crippen LogP contribution in [0.15, 0.2) is 12.2 Å². The van der Waals surface area contributed by atoms with E-state index in [1.165, 1.54) is 6.92 Å². The largest absolute Gasteiger partial charge is 0.478 e. The van der Waals surface area contributed by atoms with Crippen LogP contribution in [0.5, 0.6) is 0 Å². The van der Waals surface area contributed by atoms with Crippen LogP contribution in [0.1, 0.15) is 34.6 Å². The maximum Gasteiger partial charge on any atom is 0.330 e. The molecule has 0 fully saturated rings. The summed E-state index contributed by atoms with van der Waals surface area (Å²) in [6.45, 7) is 14.0. The van der Waals surface area contributed by atoms with E-state index in [-0.39, 0.29) is 43.7 Å². The summed E-state index contributed by atoms with van der Waals surface area (Å²) in [5.74, 6) is -0.935. The van der Waals surface area contributed by atoms with Crippen molar-refractivity contribution in [1.82, 2.24) is 0 Å². The van der Waals surface area contributed by atoms with Crippen molar-refractivity contribution in [2.24, 2.45) is 0 Å². The van der Waals surface area contributed by atoms with E-state index < -0.39 is 12.1 Å².